The average molecular weight is 777 g/mol. The molecule has 1 radical (unpaired) electrons. The summed E-state index contributed by atoms with van der Waals surface area (Å²) in [4.78, 5) is 45.7. The van der Waals surface area contributed by atoms with Crippen molar-refractivity contribution in [2.24, 2.45) is 0 Å². The zero-order chi connectivity index (χ0) is 38.2. The largest absolute Gasteiger partial charge is 3.00 e. The van der Waals surface area contributed by atoms with Crippen molar-refractivity contribution in [2.75, 3.05) is 26.2 Å². The molecule has 4 rings (SSSR count). The third-order valence-corrected chi connectivity index (χ3v) is 7.60. The molecule has 0 saturated carbocycles. The van der Waals surface area contributed by atoms with E-state index < -0.39 is 48.0 Å². The number of benzene rings is 4. The topological polar surface area (TPSA) is 278 Å². The van der Waals surface area contributed by atoms with E-state index in [1.54, 1.807) is 36.4 Å². The molecule has 4 aromatic carbocycles. The molecule has 0 spiro atoms. The van der Waals surface area contributed by atoms with E-state index >= 15 is 0 Å². The molecule has 4 atom stereocenters. The van der Waals surface area contributed by atoms with Gasteiger partial charge >= 0.3 is 40.9 Å². The minimum atomic E-state index is -1.16. The summed E-state index contributed by atoms with van der Waals surface area (Å²) in [7, 11) is 0. The van der Waals surface area contributed by atoms with Crippen LogP contribution in [-0.2, 0) is 36.2 Å². The maximum absolute atomic E-state index is 11.4. The van der Waals surface area contributed by atoms with Gasteiger partial charge in [0.25, 0.3) is 0 Å². The van der Waals surface area contributed by atoms with Crippen molar-refractivity contribution >= 4 is 23.9 Å². The molecule has 53 heavy (non-hydrogen) atoms. The van der Waals surface area contributed by atoms with Crippen molar-refractivity contribution in [3.63, 3.8) is 0 Å². The van der Waals surface area contributed by atoms with Crippen LogP contribution in [0.5, 0.6) is 23.0 Å². The average Bonchev–Trinajstić information content (AvgIpc) is 3.10. The second-order valence-electron chi connectivity index (χ2n) is 11.2. The smallest absolute Gasteiger partial charge is 0.508 e. The Hall–Kier alpha value is -5.68. The summed E-state index contributed by atoms with van der Waals surface area (Å²) in [5, 5.41) is 87.2. The number of phenols is 4. The monoisotopic (exact) mass is 776 g/mol. The zero-order valence-corrected chi connectivity index (χ0v) is 29.0. The Morgan fingerprint density at radius 2 is 0.679 bits per heavy atom. The second-order valence-corrected chi connectivity index (χ2v) is 11.2. The molecule has 0 bridgehead atoms. The minimum Gasteiger partial charge on any atom is -0.508 e. The van der Waals surface area contributed by atoms with Crippen LogP contribution in [-0.4, -0.2) is 90.9 Å². The normalized spacial score (nSPS) is 12.8. The molecule has 0 aliphatic rings. The first-order valence-electron chi connectivity index (χ1n) is 15.8. The van der Waals surface area contributed by atoms with Crippen LogP contribution in [0.4, 0.5) is 0 Å². The van der Waals surface area contributed by atoms with Crippen LogP contribution >= 0.6 is 0 Å². The number of hydrogen-bond donors (Lipinski definition) is 12. The molecule has 0 fully saturated rings. The Morgan fingerprint density at radius 1 is 0.415 bits per heavy atom. The first-order chi connectivity index (χ1) is 24.8. The van der Waals surface area contributed by atoms with Crippen molar-refractivity contribution in [2.45, 2.75) is 24.2 Å². The van der Waals surface area contributed by atoms with Gasteiger partial charge in [-0.25, -0.2) is 0 Å². The summed E-state index contributed by atoms with van der Waals surface area (Å²) >= 11 is 0. The molecule has 0 aromatic heterocycles. The predicted octanol–water partition coefficient (Wildman–Crippen LogP) is 2.45. The SMILES string of the molecule is O=C(O)C(NCCNC(C(=O)O)c1ccccc1O)c1ccc(O)cc1.O=C(O)C(NCCNC(C(=O)O)c1ccccc1O)c1ccccc1O.[Fe+3]. The van der Waals surface area contributed by atoms with E-state index in [1.807, 2.05) is 0 Å². The molecular weight excluding hydrogens is 736 g/mol. The Kier molecular flexibility index (Phi) is 17.7. The molecule has 0 saturated heterocycles. The third kappa shape index (κ3) is 13.1. The van der Waals surface area contributed by atoms with E-state index in [1.165, 1.54) is 60.7 Å². The number of carboxylic acids is 4. The van der Waals surface area contributed by atoms with Gasteiger partial charge in [-0.3, -0.25) is 40.4 Å². The quantitative estimate of drug-likeness (QED) is 0.0511. The first kappa shape index (κ1) is 43.5. The standard InChI is InChI=1S/2C18H20N2O6.Fe/c21-13-7-3-1-5-11(13)15(17(23)24)19-9-10-20-16(18(25)26)12-6-2-4-8-14(12)22;21-12-7-5-11(6-8-12)15(17(23)24)19-9-10-20-16(18(25)26)13-3-1-2-4-14(13)22;/h2*1-8,15-16,19-22H,9-10H2,(H,23,24)(H,25,26);/q;;+3. The molecule has 16 nitrogen and oxygen atoms in total. The Morgan fingerprint density at radius 3 is 0.943 bits per heavy atom. The van der Waals surface area contributed by atoms with Gasteiger partial charge in [-0.05, 0) is 35.9 Å². The van der Waals surface area contributed by atoms with E-state index in [4.69, 9.17) is 0 Å². The molecule has 0 aliphatic carbocycles. The summed E-state index contributed by atoms with van der Waals surface area (Å²) in [5.41, 5.74) is 1.13. The molecule has 281 valence electrons. The first-order valence-corrected chi connectivity index (χ1v) is 15.8. The van der Waals surface area contributed by atoms with Gasteiger partial charge in [0, 0.05) is 42.9 Å². The van der Waals surface area contributed by atoms with Gasteiger partial charge in [0.1, 0.15) is 47.2 Å². The molecule has 0 amide bonds. The van der Waals surface area contributed by atoms with Crippen molar-refractivity contribution in [3.05, 3.63) is 119 Å². The summed E-state index contributed by atoms with van der Waals surface area (Å²) in [6.07, 6.45) is 0. The maximum atomic E-state index is 11.4. The summed E-state index contributed by atoms with van der Waals surface area (Å²) in [6.45, 7) is 0.591. The number of aliphatic carboxylic acids is 4. The van der Waals surface area contributed by atoms with E-state index in [9.17, 15) is 60.0 Å². The molecule has 17 heteroatoms. The number of carbonyl (C=O) groups is 4. The van der Waals surface area contributed by atoms with Gasteiger partial charge in [0.05, 0.1) is 0 Å². The molecule has 0 aliphatic heterocycles. The fourth-order valence-electron chi connectivity index (χ4n) is 5.07. The Labute approximate surface area is 314 Å². The predicted molar refractivity (Wildman–Crippen MR) is 186 cm³/mol. The van der Waals surface area contributed by atoms with Gasteiger partial charge in [-0.1, -0.05) is 66.7 Å². The fourth-order valence-corrected chi connectivity index (χ4v) is 5.07. The Balaban J connectivity index is 0.000000360. The van der Waals surface area contributed by atoms with Crippen LogP contribution in [0.2, 0.25) is 0 Å². The summed E-state index contributed by atoms with van der Waals surface area (Å²) < 4.78 is 0. The van der Waals surface area contributed by atoms with Gasteiger partial charge in [0.2, 0.25) is 0 Å². The van der Waals surface area contributed by atoms with E-state index in [0.717, 1.165) is 0 Å². The van der Waals surface area contributed by atoms with Crippen molar-refractivity contribution in [1.82, 2.24) is 21.3 Å². The van der Waals surface area contributed by atoms with Crippen molar-refractivity contribution < 1.29 is 77.1 Å². The van der Waals surface area contributed by atoms with E-state index in [0.29, 0.717) is 5.56 Å². The van der Waals surface area contributed by atoms with Crippen LogP contribution in [0, 0.1) is 0 Å². The van der Waals surface area contributed by atoms with Gasteiger partial charge in [-0.2, -0.15) is 0 Å². The van der Waals surface area contributed by atoms with Crippen LogP contribution < -0.4 is 21.3 Å². The number of phenolic OH excluding ortho intramolecular Hbond substituents is 4. The van der Waals surface area contributed by atoms with Gasteiger partial charge < -0.3 is 40.9 Å². The number of para-hydroxylation sites is 3. The van der Waals surface area contributed by atoms with Gasteiger partial charge in [0.15, 0.2) is 0 Å². The number of rotatable bonds is 18. The molecule has 4 aromatic rings. The molecule has 0 heterocycles. The maximum Gasteiger partial charge on any atom is 3.00 e. The van der Waals surface area contributed by atoms with E-state index in [2.05, 4.69) is 21.3 Å². The van der Waals surface area contributed by atoms with Crippen LogP contribution in [0.15, 0.2) is 97.1 Å². The van der Waals surface area contributed by atoms with Crippen LogP contribution in [0.1, 0.15) is 46.4 Å². The van der Waals surface area contributed by atoms with Gasteiger partial charge in [-0.15, -0.1) is 0 Å². The number of nitrogens with one attached hydrogen (secondary N) is 4. The number of carboxylic acid groups (broad SMARTS) is 4. The number of hydrogen-bond acceptors (Lipinski definition) is 12. The summed E-state index contributed by atoms with van der Waals surface area (Å²) in [6, 6.07) is 19.7. The van der Waals surface area contributed by atoms with Crippen molar-refractivity contribution in [1.29, 1.82) is 0 Å². The Bertz CT molecular complexity index is 1750. The van der Waals surface area contributed by atoms with E-state index in [-0.39, 0.29) is 82.9 Å². The molecule has 4 unspecified atom stereocenters. The zero-order valence-electron chi connectivity index (χ0n) is 27.9. The molecule has 12 N–H and O–H groups in total. The minimum absolute atomic E-state index is 0. The fraction of sp³-hybridized carbons (Fsp3) is 0.222. The number of aromatic hydroxyl groups is 4. The second kappa shape index (κ2) is 21.6. The van der Waals surface area contributed by atoms with Crippen LogP contribution in [0.3, 0.4) is 0 Å². The molecular formula is C36H40FeN4O12+3. The van der Waals surface area contributed by atoms with Crippen molar-refractivity contribution in [3.8, 4) is 23.0 Å². The summed E-state index contributed by atoms with van der Waals surface area (Å²) in [5.74, 6) is -4.95. The van der Waals surface area contributed by atoms with Crippen LogP contribution in [0.25, 0.3) is 0 Å². The third-order valence-electron chi connectivity index (χ3n) is 7.60.